The van der Waals surface area contributed by atoms with Crippen molar-refractivity contribution in [3.8, 4) is 5.75 Å². The van der Waals surface area contributed by atoms with E-state index in [1.54, 1.807) is 50.4 Å². The van der Waals surface area contributed by atoms with Gasteiger partial charge in [-0.15, -0.1) is 4.40 Å². The highest BCUT2D eigenvalue weighted by molar-refractivity contribution is 8.19. The molecule has 0 aliphatic carbocycles. The van der Waals surface area contributed by atoms with E-state index in [0.717, 1.165) is 17.3 Å². The van der Waals surface area contributed by atoms with Gasteiger partial charge in [-0.25, -0.2) is 0 Å². The minimum atomic E-state index is -3.89. The van der Waals surface area contributed by atoms with Crippen LogP contribution in [0, 0.1) is 0 Å². The molecule has 1 saturated heterocycles. The van der Waals surface area contributed by atoms with Gasteiger partial charge in [0, 0.05) is 6.54 Å². The highest BCUT2D eigenvalue weighted by Crippen LogP contribution is 2.33. The summed E-state index contributed by atoms with van der Waals surface area (Å²) in [4.78, 5) is 14.5. The van der Waals surface area contributed by atoms with E-state index in [9.17, 15) is 13.2 Å². The number of hydrogen-bond donors (Lipinski definition) is 0. The molecule has 1 heterocycles. The van der Waals surface area contributed by atoms with E-state index in [1.807, 2.05) is 12.1 Å². The van der Waals surface area contributed by atoms with Gasteiger partial charge in [0.05, 0.1) is 16.9 Å². The number of hydrogen-bond acceptors (Lipinski definition) is 5. The number of carbonyl (C=O) groups excluding carboxylic acids is 1. The molecule has 27 heavy (non-hydrogen) atoms. The van der Waals surface area contributed by atoms with Crippen LogP contribution in [0.5, 0.6) is 5.75 Å². The van der Waals surface area contributed by atoms with Crippen LogP contribution in [0.15, 0.2) is 68.8 Å². The highest BCUT2D eigenvalue weighted by atomic mass is 32.2. The third-order valence-corrected chi connectivity index (χ3v) is 6.26. The van der Waals surface area contributed by atoms with Gasteiger partial charge >= 0.3 is 0 Å². The Bertz CT molecular complexity index is 998. The predicted octanol–water partition coefficient (Wildman–Crippen LogP) is 3.38. The quantitative estimate of drug-likeness (QED) is 0.717. The number of methoxy groups -OCH3 is 1. The van der Waals surface area contributed by atoms with Crippen LogP contribution in [0.4, 0.5) is 0 Å². The van der Waals surface area contributed by atoms with E-state index in [2.05, 4.69) is 4.40 Å². The Kier molecular flexibility index (Phi) is 5.67. The summed E-state index contributed by atoms with van der Waals surface area (Å²) in [5.41, 5.74) is 0.815. The molecule has 2 aromatic carbocycles. The topological polar surface area (TPSA) is 76.0 Å². The summed E-state index contributed by atoms with van der Waals surface area (Å²) in [5.74, 6) is 0.453. The van der Waals surface area contributed by atoms with Crippen molar-refractivity contribution in [1.29, 1.82) is 0 Å². The second-order valence-corrected chi connectivity index (χ2v) is 8.21. The average Bonchev–Trinajstić information content (AvgIpc) is 2.96. The molecule has 1 aliphatic heterocycles. The Morgan fingerprint density at radius 2 is 1.78 bits per heavy atom. The first-order valence-electron chi connectivity index (χ1n) is 8.20. The van der Waals surface area contributed by atoms with Crippen LogP contribution in [0.3, 0.4) is 0 Å². The second-order valence-electron chi connectivity index (χ2n) is 5.60. The van der Waals surface area contributed by atoms with Crippen LogP contribution in [-0.4, -0.2) is 38.0 Å². The van der Waals surface area contributed by atoms with E-state index in [-0.39, 0.29) is 16.0 Å². The Labute approximate surface area is 162 Å². The zero-order valence-corrected chi connectivity index (χ0v) is 16.5. The molecular weight excluding hydrogens is 384 g/mol. The minimum Gasteiger partial charge on any atom is -0.497 e. The van der Waals surface area contributed by atoms with Gasteiger partial charge in [-0.05, 0) is 54.6 Å². The first-order valence-corrected chi connectivity index (χ1v) is 10.5. The normalized spacial score (nSPS) is 17.7. The monoisotopic (exact) mass is 402 g/mol. The van der Waals surface area contributed by atoms with Crippen LogP contribution in [0.1, 0.15) is 12.5 Å². The molecule has 8 heteroatoms. The third kappa shape index (κ3) is 4.23. The molecule has 1 aliphatic rings. The van der Waals surface area contributed by atoms with Gasteiger partial charge in [0.25, 0.3) is 15.9 Å². The number of amides is 1. The summed E-state index contributed by atoms with van der Waals surface area (Å²) < 4.78 is 34.1. The maximum atomic E-state index is 12.6. The first-order chi connectivity index (χ1) is 12.9. The van der Waals surface area contributed by atoms with E-state index >= 15 is 0 Å². The SMILES string of the molecule is CCN1C(=O)C(=Cc2ccc(OC)cc2)SC1=NS(=O)(=O)c1ccccc1. The molecule has 1 fully saturated rings. The first kappa shape index (κ1) is 19.2. The Morgan fingerprint density at radius 1 is 1.11 bits per heavy atom. The maximum Gasteiger partial charge on any atom is 0.284 e. The summed E-state index contributed by atoms with van der Waals surface area (Å²) in [6, 6.07) is 15.2. The number of nitrogens with zero attached hydrogens (tertiary/aromatic N) is 2. The third-order valence-electron chi connectivity index (χ3n) is 3.86. The Morgan fingerprint density at radius 3 is 2.37 bits per heavy atom. The van der Waals surface area contributed by atoms with Gasteiger partial charge in [-0.3, -0.25) is 9.69 Å². The van der Waals surface area contributed by atoms with Gasteiger partial charge in [-0.1, -0.05) is 30.3 Å². The molecule has 0 radical (unpaired) electrons. The maximum absolute atomic E-state index is 12.6. The van der Waals surface area contributed by atoms with Crippen LogP contribution in [0.2, 0.25) is 0 Å². The van der Waals surface area contributed by atoms with Gasteiger partial charge in [-0.2, -0.15) is 8.42 Å². The van der Waals surface area contributed by atoms with Crippen molar-refractivity contribution >= 4 is 38.9 Å². The summed E-state index contributed by atoms with van der Waals surface area (Å²) in [5, 5.41) is 0.158. The standard InChI is InChI=1S/C19H18N2O4S2/c1-3-21-18(22)17(13-14-9-11-15(25-2)12-10-14)26-19(21)20-27(23,24)16-7-5-4-6-8-16/h4-13H,3H2,1-2H3. The van der Waals surface area contributed by atoms with Crippen molar-refractivity contribution < 1.29 is 17.9 Å². The fourth-order valence-electron chi connectivity index (χ4n) is 2.45. The Hall–Kier alpha value is -2.58. The highest BCUT2D eigenvalue weighted by Gasteiger charge is 2.33. The smallest absolute Gasteiger partial charge is 0.284 e. The van der Waals surface area contributed by atoms with Crippen molar-refractivity contribution in [3.05, 3.63) is 65.1 Å². The molecule has 0 N–H and O–H groups in total. The van der Waals surface area contributed by atoms with E-state index in [4.69, 9.17) is 4.74 Å². The lowest BCUT2D eigenvalue weighted by molar-refractivity contribution is -0.122. The fraction of sp³-hybridized carbons (Fsp3) is 0.158. The number of ether oxygens (including phenoxy) is 1. The van der Waals surface area contributed by atoms with Crippen molar-refractivity contribution in [2.45, 2.75) is 11.8 Å². The number of likely N-dealkylation sites (N-methyl/N-ethyl adjacent to an activating group) is 1. The number of carbonyl (C=O) groups is 1. The Balaban J connectivity index is 1.93. The van der Waals surface area contributed by atoms with Gasteiger partial charge in [0.2, 0.25) is 0 Å². The molecule has 0 unspecified atom stereocenters. The van der Waals surface area contributed by atoms with Gasteiger partial charge < -0.3 is 4.74 Å². The van der Waals surface area contributed by atoms with Gasteiger partial charge in [0.15, 0.2) is 5.17 Å². The minimum absolute atomic E-state index is 0.0918. The molecule has 0 atom stereocenters. The number of benzene rings is 2. The average molecular weight is 402 g/mol. The van der Waals surface area contributed by atoms with E-state index in [1.165, 1.54) is 17.0 Å². The van der Waals surface area contributed by atoms with Gasteiger partial charge in [0.1, 0.15) is 5.75 Å². The predicted molar refractivity (Wildman–Crippen MR) is 107 cm³/mol. The van der Waals surface area contributed by atoms with Crippen LogP contribution in [0.25, 0.3) is 6.08 Å². The van der Waals surface area contributed by atoms with Crippen molar-refractivity contribution in [2.75, 3.05) is 13.7 Å². The van der Waals surface area contributed by atoms with Crippen molar-refractivity contribution in [2.24, 2.45) is 4.40 Å². The summed E-state index contributed by atoms with van der Waals surface area (Å²) in [6.45, 7) is 2.11. The van der Waals surface area contributed by atoms with Crippen molar-refractivity contribution in [3.63, 3.8) is 0 Å². The summed E-state index contributed by atoms with van der Waals surface area (Å²) in [7, 11) is -2.30. The molecule has 0 aromatic heterocycles. The molecule has 2 aromatic rings. The largest absolute Gasteiger partial charge is 0.497 e. The summed E-state index contributed by atoms with van der Waals surface area (Å²) >= 11 is 1.05. The van der Waals surface area contributed by atoms with Crippen LogP contribution < -0.4 is 4.74 Å². The van der Waals surface area contributed by atoms with E-state index in [0.29, 0.717) is 17.2 Å². The molecule has 0 spiro atoms. The molecule has 0 saturated carbocycles. The lowest BCUT2D eigenvalue weighted by Gasteiger charge is -2.11. The molecule has 140 valence electrons. The lowest BCUT2D eigenvalue weighted by Crippen LogP contribution is -2.29. The number of rotatable bonds is 5. The summed E-state index contributed by atoms with van der Waals surface area (Å²) in [6.07, 6.45) is 1.72. The van der Waals surface area contributed by atoms with Crippen LogP contribution in [-0.2, 0) is 14.8 Å². The zero-order chi connectivity index (χ0) is 19.4. The van der Waals surface area contributed by atoms with Crippen LogP contribution >= 0.6 is 11.8 Å². The zero-order valence-electron chi connectivity index (χ0n) is 14.8. The van der Waals surface area contributed by atoms with E-state index < -0.39 is 10.0 Å². The molecule has 0 bridgehead atoms. The van der Waals surface area contributed by atoms with Crippen molar-refractivity contribution in [1.82, 2.24) is 4.90 Å². The number of amidine groups is 1. The fourth-order valence-corrected chi connectivity index (χ4v) is 4.72. The molecule has 3 rings (SSSR count). The molecule has 6 nitrogen and oxygen atoms in total. The lowest BCUT2D eigenvalue weighted by atomic mass is 10.2. The number of thioether (sulfide) groups is 1. The number of sulfonamides is 1. The molecule has 1 amide bonds. The molecular formula is C19H18N2O4S2. The second kappa shape index (κ2) is 7.98.